The number of benzene rings is 2. The van der Waals surface area contributed by atoms with Crippen LogP contribution in [-0.4, -0.2) is 46.8 Å². The maximum atomic E-state index is 13.0. The number of halogens is 1. The fraction of sp³-hybridized carbons (Fsp3) is 0.286. The zero-order valence-electron chi connectivity index (χ0n) is 15.9. The molecule has 2 aromatic carbocycles. The number of nitro benzene ring substituents is 1. The lowest BCUT2D eigenvalue weighted by atomic mass is 10.1. The Morgan fingerprint density at radius 2 is 1.90 bits per heavy atom. The minimum Gasteiger partial charge on any atom is -0.449 e. The van der Waals surface area contributed by atoms with Crippen molar-refractivity contribution in [2.45, 2.75) is 13.5 Å². The molecule has 0 bridgehead atoms. The highest BCUT2D eigenvalue weighted by atomic mass is 35.5. The molecule has 1 aliphatic heterocycles. The van der Waals surface area contributed by atoms with Crippen molar-refractivity contribution < 1.29 is 14.1 Å². The summed E-state index contributed by atoms with van der Waals surface area (Å²) in [6.07, 6.45) is 0. The van der Waals surface area contributed by atoms with Crippen LogP contribution >= 0.6 is 11.6 Å². The van der Waals surface area contributed by atoms with Crippen LogP contribution < -0.4 is 0 Å². The number of carbonyl (C=O) groups is 1. The number of nitro groups is 1. The summed E-state index contributed by atoms with van der Waals surface area (Å²) in [5, 5.41) is 12.3. The van der Waals surface area contributed by atoms with Crippen LogP contribution in [0.1, 0.15) is 21.7 Å². The van der Waals surface area contributed by atoms with Gasteiger partial charge in [0.25, 0.3) is 11.6 Å². The van der Waals surface area contributed by atoms with Crippen LogP contribution in [0.4, 0.5) is 5.69 Å². The standard InChI is InChI=1S/C21H20ClN3O4/c1-14-17-6-3-7-18(22)20(17)29-19(14)21(26)24-10-8-23(9-11-24)13-15-4-2-5-16(12-15)25(27)28/h2-7,12H,8-11,13H2,1H3. The number of rotatable bonds is 4. The van der Waals surface area contributed by atoms with Crippen LogP contribution in [0.5, 0.6) is 0 Å². The number of furan rings is 1. The summed E-state index contributed by atoms with van der Waals surface area (Å²) in [6.45, 7) is 5.00. The van der Waals surface area contributed by atoms with Crippen LogP contribution in [0.15, 0.2) is 46.9 Å². The van der Waals surface area contributed by atoms with E-state index in [1.165, 1.54) is 6.07 Å². The summed E-state index contributed by atoms with van der Waals surface area (Å²) in [5.74, 6) is 0.199. The Labute approximate surface area is 172 Å². The van der Waals surface area contributed by atoms with E-state index < -0.39 is 0 Å². The predicted octanol–water partition coefficient (Wildman–Crippen LogP) is 4.26. The number of nitrogens with zero attached hydrogens (tertiary/aromatic N) is 3. The van der Waals surface area contributed by atoms with Crippen molar-refractivity contribution in [3.63, 3.8) is 0 Å². The average Bonchev–Trinajstić information content (AvgIpc) is 3.06. The minimum atomic E-state index is -0.387. The molecule has 4 rings (SSSR count). The van der Waals surface area contributed by atoms with E-state index in [1.807, 2.05) is 25.1 Å². The van der Waals surface area contributed by atoms with Crippen LogP contribution in [0.3, 0.4) is 0 Å². The topological polar surface area (TPSA) is 79.8 Å². The van der Waals surface area contributed by atoms with Crippen molar-refractivity contribution in [1.82, 2.24) is 9.80 Å². The van der Waals surface area contributed by atoms with Crippen molar-refractivity contribution in [3.8, 4) is 0 Å². The first-order chi connectivity index (χ1) is 13.9. The monoisotopic (exact) mass is 413 g/mol. The molecule has 0 unspecified atom stereocenters. The summed E-state index contributed by atoms with van der Waals surface area (Å²) < 4.78 is 5.80. The van der Waals surface area contributed by atoms with Crippen molar-refractivity contribution >= 4 is 34.2 Å². The summed E-state index contributed by atoms with van der Waals surface area (Å²) in [5.41, 5.74) is 2.32. The van der Waals surface area contributed by atoms with E-state index in [-0.39, 0.29) is 16.5 Å². The maximum absolute atomic E-state index is 13.0. The fourth-order valence-corrected chi connectivity index (χ4v) is 3.91. The Kier molecular flexibility index (Phi) is 5.25. The van der Waals surface area contributed by atoms with Crippen LogP contribution in [-0.2, 0) is 6.54 Å². The van der Waals surface area contributed by atoms with E-state index in [0.717, 1.165) is 16.5 Å². The summed E-state index contributed by atoms with van der Waals surface area (Å²) >= 11 is 6.19. The number of aryl methyl sites for hydroxylation is 1. The number of hydrogen-bond acceptors (Lipinski definition) is 5. The predicted molar refractivity (Wildman–Crippen MR) is 110 cm³/mol. The highest BCUT2D eigenvalue weighted by molar-refractivity contribution is 6.35. The molecule has 0 aliphatic carbocycles. The third-order valence-electron chi connectivity index (χ3n) is 5.30. The molecule has 7 nitrogen and oxygen atoms in total. The van der Waals surface area contributed by atoms with Crippen molar-refractivity contribution in [1.29, 1.82) is 0 Å². The van der Waals surface area contributed by atoms with Gasteiger partial charge in [0.15, 0.2) is 11.3 Å². The van der Waals surface area contributed by atoms with Gasteiger partial charge in [0.1, 0.15) is 0 Å². The van der Waals surface area contributed by atoms with Gasteiger partial charge in [-0.1, -0.05) is 35.9 Å². The summed E-state index contributed by atoms with van der Waals surface area (Å²) in [6, 6.07) is 12.1. The normalized spacial score (nSPS) is 15.0. The van der Waals surface area contributed by atoms with Crippen molar-refractivity contribution in [2.24, 2.45) is 0 Å². The number of hydrogen-bond donors (Lipinski definition) is 0. The molecule has 1 fully saturated rings. The number of piperazine rings is 1. The number of non-ortho nitro benzene ring substituents is 1. The molecule has 0 spiro atoms. The van der Waals surface area contributed by atoms with Gasteiger partial charge in [-0.05, 0) is 18.6 Å². The Morgan fingerprint density at radius 1 is 1.17 bits per heavy atom. The smallest absolute Gasteiger partial charge is 0.289 e. The Hall–Kier alpha value is -2.90. The highest BCUT2D eigenvalue weighted by Crippen LogP contribution is 2.31. The van der Waals surface area contributed by atoms with E-state index in [9.17, 15) is 14.9 Å². The van der Waals surface area contributed by atoms with Gasteiger partial charge in [-0.15, -0.1) is 0 Å². The SMILES string of the molecule is Cc1c(C(=O)N2CCN(Cc3cccc([N+](=O)[O-])c3)CC2)oc2c(Cl)cccc12. The molecule has 8 heteroatoms. The molecular weight excluding hydrogens is 394 g/mol. The molecule has 1 aliphatic rings. The van der Waals surface area contributed by atoms with Crippen molar-refractivity contribution in [2.75, 3.05) is 26.2 Å². The molecule has 1 aromatic heterocycles. The second-order valence-corrected chi connectivity index (χ2v) is 7.58. The van der Waals surface area contributed by atoms with Crippen molar-refractivity contribution in [3.05, 3.63) is 74.5 Å². The molecule has 2 heterocycles. The highest BCUT2D eigenvalue weighted by Gasteiger charge is 2.27. The van der Waals surface area contributed by atoms with Gasteiger partial charge >= 0.3 is 0 Å². The van der Waals surface area contributed by atoms with Crippen LogP contribution in [0.2, 0.25) is 5.02 Å². The van der Waals surface area contributed by atoms with Gasteiger partial charge in [0.2, 0.25) is 0 Å². The molecule has 0 saturated carbocycles. The first kappa shape index (κ1) is 19.4. The Morgan fingerprint density at radius 3 is 2.59 bits per heavy atom. The second kappa shape index (κ2) is 7.85. The zero-order chi connectivity index (χ0) is 20.5. The quantitative estimate of drug-likeness (QED) is 0.471. The first-order valence-electron chi connectivity index (χ1n) is 9.36. The van der Waals surface area contributed by atoms with Gasteiger partial charge in [-0.25, -0.2) is 0 Å². The molecule has 1 amide bonds. The van der Waals surface area contributed by atoms with E-state index in [4.69, 9.17) is 16.0 Å². The molecule has 0 radical (unpaired) electrons. The number of carbonyl (C=O) groups excluding carboxylic acids is 1. The molecular formula is C21H20ClN3O4. The number of fused-ring (bicyclic) bond motifs is 1. The van der Waals surface area contributed by atoms with Gasteiger partial charge in [-0.2, -0.15) is 0 Å². The van der Waals surface area contributed by atoms with Gasteiger partial charge in [-0.3, -0.25) is 19.8 Å². The van der Waals surface area contributed by atoms with Crippen LogP contribution in [0.25, 0.3) is 11.0 Å². The first-order valence-corrected chi connectivity index (χ1v) is 9.74. The average molecular weight is 414 g/mol. The lowest BCUT2D eigenvalue weighted by Gasteiger charge is -2.34. The van der Waals surface area contributed by atoms with Gasteiger partial charge < -0.3 is 9.32 Å². The van der Waals surface area contributed by atoms with Gasteiger partial charge in [0, 0.05) is 55.8 Å². The second-order valence-electron chi connectivity index (χ2n) is 7.17. The lowest BCUT2D eigenvalue weighted by molar-refractivity contribution is -0.384. The summed E-state index contributed by atoms with van der Waals surface area (Å²) in [7, 11) is 0. The minimum absolute atomic E-state index is 0.0929. The maximum Gasteiger partial charge on any atom is 0.289 e. The van der Waals surface area contributed by atoms with Gasteiger partial charge in [0.05, 0.1) is 9.95 Å². The largest absolute Gasteiger partial charge is 0.449 e. The molecule has 0 N–H and O–H groups in total. The van der Waals surface area contributed by atoms with E-state index in [1.54, 1.807) is 23.1 Å². The molecule has 1 saturated heterocycles. The Balaban J connectivity index is 1.43. The van der Waals surface area contributed by atoms with E-state index in [2.05, 4.69) is 4.90 Å². The lowest BCUT2D eigenvalue weighted by Crippen LogP contribution is -2.48. The third-order valence-corrected chi connectivity index (χ3v) is 5.59. The van der Waals surface area contributed by atoms with E-state index in [0.29, 0.717) is 49.1 Å². The number of para-hydroxylation sites is 1. The molecule has 29 heavy (non-hydrogen) atoms. The number of amides is 1. The fourth-order valence-electron chi connectivity index (χ4n) is 3.69. The molecule has 150 valence electrons. The zero-order valence-corrected chi connectivity index (χ0v) is 16.7. The molecule has 3 aromatic rings. The van der Waals surface area contributed by atoms with Crippen LogP contribution in [0, 0.1) is 17.0 Å². The molecule has 0 atom stereocenters. The summed E-state index contributed by atoms with van der Waals surface area (Å²) in [4.78, 5) is 27.5. The Bertz CT molecular complexity index is 1090. The third kappa shape index (κ3) is 3.83. The van der Waals surface area contributed by atoms with E-state index >= 15 is 0 Å².